The molecule has 7 nitrogen and oxygen atoms in total. The van der Waals surface area contributed by atoms with Gasteiger partial charge in [0.05, 0.1) is 18.6 Å². The molecule has 1 aromatic heterocycles. The zero-order valence-corrected chi connectivity index (χ0v) is 15.6. The first-order valence-electron chi connectivity index (χ1n) is 8.66. The van der Waals surface area contributed by atoms with Crippen LogP contribution in [-0.2, 0) is 27.2 Å². The van der Waals surface area contributed by atoms with Crippen molar-refractivity contribution in [3.8, 4) is 0 Å². The van der Waals surface area contributed by atoms with Crippen LogP contribution in [0.5, 0.6) is 0 Å². The molecule has 1 aromatic rings. The van der Waals surface area contributed by atoms with Gasteiger partial charge in [-0.3, -0.25) is 9.59 Å². The summed E-state index contributed by atoms with van der Waals surface area (Å²) in [4.78, 5) is 37.1. The lowest BCUT2D eigenvalue weighted by molar-refractivity contribution is -0.140. The Labute approximate surface area is 156 Å². The van der Waals surface area contributed by atoms with Crippen molar-refractivity contribution < 1.29 is 24.2 Å². The number of ether oxygens (including phenoxy) is 1. The Morgan fingerprint density at radius 1 is 1.35 bits per heavy atom. The molecule has 0 radical (unpaired) electrons. The standard InChI is InChI=1S/C18H24N2O5S/c1-3-9-19-12(17(22)23)10-14(21)20-16-15(18(24)25-4-2)11-7-5-6-8-13(11)26-16/h3,12,19H,1,4-10H2,2H3,(H,20,21)(H,22,23). The number of anilines is 1. The normalized spacial score (nSPS) is 14.2. The zero-order chi connectivity index (χ0) is 19.1. The summed E-state index contributed by atoms with van der Waals surface area (Å²) in [5.74, 6) is -2.02. The van der Waals surface area contributed by atoms with Crippen LogP contribution in [0.1, 0.15) is 47.0 Å². The number of fused-ring (bicyclic) bond motifs is 1. The molecule has 1 heterocycles. The lowest BCUT2D eigenvalue weighted by Crippen LogP contribution is -2.39. The minimum Gasteiger partial charge on any atom is -0.480 e. The summed E-state index contributed by atoms with van der Waals surface area (Å²) in [6, 6.07) is -1.02. The van der Waals surface area contributed by atoms with Gasteiger partial charge in [-0.1, -0.05) is 6.08 Å². The lowest BCUT2D eigenvalue weighted by Gasteiger charge is -2.14. The number of carbonyl (C=O) groups excluding carboxylic acids is 2. The third-order valence-electron chi connectivity index (χ3n) is 4.10. The maximum atomic E-state index is 12.4. The number of nitrogens with one attached hydrogen (secondary N) is 2. The highest BCUT2D eigenvalue weighted by atomic mass is 32.1. The van der Waals surface area contributed by atoms with Crippen molar-refractivity contribution in [3.63, 3.8) is 0 Å². The molecule has 142 valence electrons. The monoisotopic (exact) mass is 380 g/mol. The number of carboxylic acids is 1. The molecule has 0 bridgehead atoms. The maximum Gasteiger partial charge on any atom is 0.341 e. The topological polar surface area (TPSA) is 105 Å². The van der Waals surface area contributed by atoms with Crippen LogP contribution in [0.25, 0.3) is 0 Å². The minimum absolute atomic E-state index is 0.242. The van der Waals surface area contributed by atoms with Crippen molar-refractivity contribution in [1.82, 2.24) is 5.32 Å². The summed E-state index contributed by atoms with van der Waals surface area (Å²) >= 11 is 1.38. The number of carbonyl (C=O) groups is 3. The van der Waals surface area contributed by atoms with Gasteiger partial charge in [-0.25, -0.2) is 4.79 Å². The van der Waals surface area contributed by atoms with Gasteiger partial charge in [0, 0.05) is 11.4 Å². The molecule has 0 saturated heterocycles. The van der Waals surface area contributed by atoms with Crippen LogP contribution >= 0.6 is 11.3 Å². The van der Waals surface area contributed by atoms with E-state index in [1.807, 2.05) is 0 Å². The zero-order valence-electron chi connectivity index (χ0n) is 14.8. The van der Waals surface area contributed by atoms with E-state index < -0.39 is 23.9 Å². The third kappa shape index (κ3) is 4.92. The average molecular weight is 380 g/mol. The second kappa shape index (κ2) is 9.49. The van der Waals surface area contributed by atoms with Gasteiger partial charge in [0.2, 0.25) is 5.91 Å². The second-order valence-corrected chi connectivity index (χ2v) is 7.08. The summed E-state index contributed by atoms with van der Waals surface area (Å²) in [5, 5.41) is 15.1. The number of thiophene rings is 1. The smallest absolute Gasteiger partial charge is 0.341 e. The second-order valence-electron chi connectivity index (χ2n) is 5.98. The van der Waals surface area contributed by atoms with E-state index in [-0.39, 0.29) is 19.6 Å². The highest BCUT2D eigenvalue weighted by Crippen LogP contribution is 2.38. The third-order valence-corrected chi connectivity index (χ3v) is 5.31. The fourth-order valence-electron chi connectivity index (χ4n) is 2.91. The first-order chi connectivity index (χ1) is 12.5. The molecular formula is C18H24N2O5S. The lowest BCUT2D eigenvalue weighted by atomic mass is 9.95. The Morgan fingerprint density at radius 3 is 2.73 bits per heavy atom. The number of amides is 1. The summed E-state index contributed by atoms with van der Waals surface area (Å²) in [6.45, 7) is 5.79. The van der Waals surface area contributed by atoms with Crippen LogP contribution in [0.2, 0.25) is 0 Å². The van der Waals surface area contributed by atoms with Crippen LogP contribution in [-0.4, -0.2) is 42.1 Å². The number of hydrogen-bond donors (Lipinski definition) is 3. The van der Waals surface area contributed by atoms with Crippen molar-refractivity contribution in [2.75, 3.05) is 18.5 Å². The molecular weight excluding hydrogens is 356 g/mol. The molecule has 26 heavy (non-hydrogen) atoms. The predicted octanol–water partition coefficient (Wildman–Crippen LogP) is 2.36. The van der Waals surface area contributed by atoms with Gasteiger partial charge in [0.15, 0.2) is 0 Å². The number of aliphatic carboxylic acids is 1. The van der Waals surface area contributed by atoms with Gasteiger partial charge in [-0.15, -0.1) is 17.9 Å². The van der Waals surface area contributed by atoms with Gasteiger partial charge < -0.3 is 20.5 Å². The number of hydrogen-bond acceptors (Lipinski definition) is 6. The number of esters is 1. The van der Waals surface area contributed by atoms with Crippen LogP contribution in [0, 0.1) is 0 Å². The summed E-state index contributed by atoms with van der Waals surface area (Å²) < 4.78 is 5.15. The number of aryl methyl sites for hydroxylation is 1. The van der Waals surface area contributed by atoms with Crippen LogP contribution in [0.3, 0.4) is 0 Å². The molecule has 0 saturated carbocycles. The van der Waals surface area contributed by atoms with E-state index in [0.29, 0.717) is 10.6 Å². The molecule has 3 N–H and O–H groups in total. The van der Waals surface area contributed by atoms with Gasteiger partial charge in [-0.2, -0.15) is 0 Å². The van der Waals surface area contributed by atoms with Crippen molar-refractivity contribution in [3.05, 3.63) is 28.7 Å². The molecule has 0 fully saturated rings. The molecule has 1 atom stereocenters. The molecule has 0 aliphatic heterocycles. The largest absolute Gasteiger partial charge is 0.480 e. The molecule has 2 rings (SSSR count). The fraction of sp³-hybridized carbons (Fsp3) is 0.500. The molecule has 1 aliphatic rings. The molecule has 1 aliphatic carbocycles. The van der Waals surface area contributed by atoms with Crippen LogP contribution < -0.4 is 10.6 Å². The van der Waals surface area contributed by atoms with Crippen LogP contribution in [0.15, 0.2) is 12.7 Å². The Balaban J connectivity index is 2.18. The number of rotatable bonds is 9. The van der Waals surface area contributed by atoms with E-state index in [0.717, 1.165) is 36.1 Å². The first kappa shape index (κ1) is 20.1. The van der Waals surface area contributed by atoms with Gasteiger partial charge >= 0.3 is 11.9 Å². The van der Waals surface area contributed by atoms with Gasteiger partial charge in [0.1, 0.15) is 11.0 Å². The molecule has 0 spiro atoms. The summed E-state index contributed by atoms with van der Waals surface area (Å²) in [5.41, 5.74) is 1.38. The van der Waals surface area contributed by atoms with Crippen LogP contribution in [0.4, 0.5) is 5.00 Å². The minimum atomic E-state index is -1.11. The van der Waals surface area contributed by atoms with E-state index in [9.17, 15) is 19.5 Å². The molecule has 1 amide bonds. The van der Waals surface area contributed by atoms with E-state index >= 15 is 0 Å². The fourth-order valence-corrected chi connectivity index (χ4v) is 4.20. The summed E-state index contributed by atoms with van der Waals surface area (Å²) in [6.07, 6.45) is 5.00. The first-order valence-corrected chi connectivity index (χ1v) is 9.48. The van der Waals surface area contributed by atoms with E-state index in [1.54, 1.807) is 6.92 Å². The Bertz CT molecular complexity index is 698. The maximum absolute atomic E-state index is 12.4. The Hall–Kier alpha value is -2.19. The average Bonchev–Trinajstić information content (AvgIpc) is 2.96. The predicted molar refractivity (Wildman–Crippen MR) is 99.8 cm³/mol. The van der Waals surface area contributed by atoms with Crippen molar-refractivity contribution in [1.29, 1.82) is 0 Å². The Morgan fingerprint density at radius 2 is 2.08 bits per heavy atom. The quantitative estimate of drug-likeness (QED) is 0.449. The summed E-state index contributed by atoms with van der Waals surface area (Å²) in [7, 11) is 0. The molecule has 8 heteroatoms. The van der Waals surface area contributed by atoms with Gasteiger partial charge in [-0.05, 0) is 38.2 Å². The van der Waals surface area contributed by atoms with E-state index in [1.165, 1.54) is 17.4 Å². The van der Waals surface area contributed by atoms with Gasteiger partial charge in [0.25, 0.3) is 0 Å². The van der Waals surface area contributed by atoms with E-state index in [4.69, 9.17) is 4.74 Å². The van der Waals surface area contributed by atoms with Crippen molar-refractivity contribution in [2.24, 2.45) is 0 Å². The highest BCUT2D eigenvalue weighted by molar-refractivity contribution is 7.17. The Kier molecular flexibility index (Phi) is 7.35. The number of carboxylic acid groups (broad SMARTS) is 1. The van der Waals surface area contributed by atoms with Crippen molar-refractivity contribution in [2.45, 2.75) is 45.1 Å². The highest BCUT2D eigenvalue weighted by Gasteiger charge is 2.28. The van der Waals surface area contributed by atoms with E-state index in [2.05, 4.69) is 17.2 Å². The van der Waals surface area contributed by atoms with Crippen molar-refractivity contribution >= 4 is 34.2 Å². The molecule has 0 aromatic carbocycles. The molecule has 1 unspecified atom stereocenters. The SMILES string of the molecule is C=CCNC(CC(=O)Nc1sc2c(c1C(=O)OCC)CCCC2)C(=O)O.